The molecule has 0 aliphatic carbocycles. The second-order valence-corrected chi connectivity index (χ2v) is 5.44. The molecule has 0 fully saturated rings. The smallest absolute Gasteiger partial charge is 0.222 e. The average Bonchev–Trinajstić information content (AvgIpc) is 2.79. The van der Waals surface area contributed by atoms with Gasteiger partial charge in [0.1, 0.15) is 0 Å². The zero-order valence-electron chi connectivity index (χ0n) is 9.52. The van der Waals surface area contributed by atoms with Crippen molar-refractivity contribution in [2.24, 2.45) is 0 Å². The van der Waals surface area contributed by atoms with E-state index < -0.39 is 0 Å². The second kappa shape index (κ2) is 5.48. The van der Waals surface area contributed by atoms with Crippen molar-refractivity contribution in [1.82, 2.24) is 0 Å². The van der Waals surface area contributed by atoms with Crippen molar-refractivity contribution >= 4 is 28.2 Å². The Morgan fingerprint density at radius 2 is 2.18 bits per heavy atom. The lowest BCUT2D eigenvalue weighted by Crippen LogP contribution is -2.03. The van der Waals surface area contributed by atoms with Crippen molar-refractivity contribution in [3.8, 4) is 0 Å². The van der Waals surface area contributed by atoms with Crippen LogP contribution in [0.25, 0.3) is 0 Å². The number of benzene rings is 1. The van der Waals surface area contributed by atoms with E-state index in [1.807, 2.05) is 17.5 Å². The topological polar surface area (TPSA) is 17.1 Å². The van der Waals surface area contributed by atoms with Gasteiger partial charge in [-0.1, -0.05) is 35.9 Å². The highest BCUT2D eigenvalue weighted by Crippen LogP contribution is 2.32. The minimum absolute atomic E-state index is 0.0832. The van der Waals surface area contributed by atoms with Crippen LogP contribution in [-0.2, 0) is 4.79 Å². The molecule has 1 aromatic carbocycles. The highest BCUT2D eigenvalue weighted by molar-refractivity contribution is 7.10. The van der Waals surface area contributed by atoms with E-state index >= 15 is 0 Å². The first-order valence-electron chi connectivity index (χ1n) is 5.45. The number of halogens is 1. The lowest BCUT2D eigenvalue weighted by atomic mass is 9.93. The van der Waals surface area contributed by atoms with E-state index in [1.165, 1.54) is 10.4 Å². The number of hydrogen-bond acceptors (Lipinski definition) is 2. The Morgan fingerprint density at radius 1 is 1.35 bits per heavy atom. The summed E-state index contributed by atoms with van der Waals surface area (Å²) in [4.78, 5) is 12.4. The van der Waals surface area contributed by atoms with E-state index in [0.29, 0.717) is 6.42 Å². The maximum Gasteiger partial charge on any atom is 0.222 e. The van der Waals surface area contributed by atoms with E-state index in [9.17, 15) is 4.79 Å². The van der Waals surface area contributed by atoms with E-state index in [0.717, 1.165) is 5.56 Å². The van der Waals surface area contributed by atoms with E-state index in [1.54, 1.807) is 11.3 Å². The minimum atomic E-state index is -0.287. The summed E-state index contributed by atoms with van der Waals surface area (Å²) in [6.07, 6.45) is 0.353. The Hall–Kier alpha value is -1.12. The Balaban J connectivity index is 2.36. The molecule has 0 bridgehead atoms. The standard InChI is InChI=1S/C14H13ClOS/c1-10-4-2-5-11(8-10)12(9-14(15)16)13-6-3-7-17-13/h2-8,12H,9H2,1H3. The van der Waals surface area contributed by atoms with Crippen LogP contribution >= 0.6 is 22.9 Å². The highest BCUT2D eigenvalue weighted by Gasteiger charge is 2.18. The third-order valence-corrected chi connectivity index (χ3v) is 3.84. The molecular formula is C14H13ClOS. The second-order valence-electron chi connectivity index (χ2n) is 4.04. The van der Waals surface area contributed by atoms with Crippen molar-refractivity contribution < 1.29 is 4.79 Å². The zero-order chi connectivity index (χ0) is 12.3. The Labute approximate surface area is 110 Å². The number of rotatable bonds is 4. The highest BCUT2D eigenvalue weighted by atomic mass is 35.5. The Morgan fingerprint density at radius 3 is 2.76 bits per heavy atom. The molecule has 88 valence electrons. The Bertz CT molecular complexity index is 505. The van der Waals surface area contributed by atoms with Crippen molar-refractivity contribution in [3.05, 3.63) is 57.8 Å². The summed E-state index contributed by atoms with van der Waals surface area (Å²) in [6.45, 7) is 2.05. The van der Waals surface area contributed by atoms with Crippen LogP contribution in [0.15, 0.2) is 41.8 Å². The fourth-order valence-electron chi connectivity index (χ4n) is 1.92. The molecule has 0 saturated heterocycles. The van der Waals surface area contributed by atoms with Gasteiger partial charge in [0.25, 0.3) is 0 Å². The summed E-state index contributed by atoms with van der Waals surface area (Å²) in [7, 11) is 0. The molecule has 0 aliphatic heterocycles. The predicted molar refractivity (Wildman–Crippen MR) is 72.8 cm³/mol. The number of carbonyl (C=O) groups excluding carboxylic acids is 1. The third kappa shape index (κ3) is 3.18. The van der Waals surface area contributed by atoms with Crippen molar-refractivity contribution in [2.45, 2.75) is 19.3 Å². The molecule has 0 saturated carbocycles. The molecule has 2 aromatic rings. The van der Waals surface area contributed by atoms with Gasteiger partial charge in [0.05, 0.1) is 0 Å². The molecule has 0 amide bonds. The first-order chi connectivity index (χ1) is 8.16. The first-order valence-corrected chi connectivity index (χ1v) is 6.71. The van der Waals surface area contributed by atoms with Crippen LogP contribution in [0.4, 0.5) is 0 Å². The maximum absolute atomic E-state index is 11.2. The fraction of sp³-hybridized carbons (Fsp3) is 0.214. The van der Waals surface area contributed by atoms with Gasteiger partial charge in [0.15, 0.2) is 0 Å². The fourth-order valence-corrected chi connectivity index (χ4v) is 2.93. The molecule has 3 heteroatoms. The molecule has 1 atom stereocenters. The van der Waals surface area contributed by atoms with Gasteiger partial charge in [-0.3, -0.25) is 4.79 Å². The molecule has 1 nitrogen and oxygen atoms in total. The Kier molecular flexibility index (Phi) is 3.97. The molecule has 0 spiro atoms. The van der Waals surface area contributed by atoms with Gasteiger partial charge in [0.2, 0.25) is 5.24 Å². The van der Waals surface area contributed by atoms with Crippen LogP contribution in [0, 0.1) is 6.92 Å². The zero-order valence-corrected chi connectivity index (χ0v) is 11.1. The summed E-state index contributed by atoms with van der Waals surface area (Å²) < 4.78 is 0. The number of carbonyl (C=O) groups is 1. The molecule has 1 heterocycles. The van der Waals surface area contributed by atoms with Crippen LogP contribution in [0.1, 0.15) is 28.3 Å². The van der Waals surface area contributed by atoms with Gasteiger partial charge in [-0.25, -0.2) is 0 Å². The van der Waals surface area contributed by atoms with Crippen molar-refractivity contribution in [1.29, 1.82) is 0 Å². The SMILES string of the molecule is Cc1cccc(C(CC(=O)Cl)c2cccs2)c1. The molecule has 0 aliphatic rings. The van der Waals surface area contributed by atoms with Gasteiger partial charge in [-0.15, -0.1) is 11.3 Å². The van der Waals surface area contributed by atoms with Crippen LogP contribution in [0.2, 0.25) is 0 Å². The molecule has 17 heavy (non-hydrogen) atoms. The van der Waals surface area contributed by atoms with Gasteiger partial charge in [-0.2, -0.15) is 0 Å². The van der Waals surface area contributed by atoms with Gasteiger partial charge in [-0.05, 0) is 35.5 Å². The van der Waals surface area contributed by atoms with E-state index in [2.05, 4.69) is 31.2 Å². The molecule has 2 rings (SSSR count). The average molecular weight is 265 g/mol. The monoisotopic (exact) mass is 264 g/mol. The number of aryl methyl sites for hydroxylation is 1. The molecule has 1 aromatic heterocycles. The van der Waals surface area contributed by atoms with Gasteiger partial charge < -0.3 is 0 Å². The molecule has 1 unspecified atom stereocenters. The van der Waals surface area contributed by atoms with Gasteiger partial charge >= 0.3 is 0 Å². The van der Waals surface area contributed by atoms with Crippen molar-refractivity contribution in [2.75, 3.05) is 0 Å². The van der Waals surface area contributed by atoms with Crippen LogP contribution in [0.3, 0.4) is 0 Å². The third-order valence-electron chi connectivity index (χ3n) is 2.70. The molecular weight excluding hydrogens is 252 g/mol. The summed E-state index contributed by atoms with van der Waals surface area (Å²) in [5.74, 6) is 0.0832. The summed E-state index contributed by atoms with van der Waals surface area (Å²) >= 11 is 7.21. The predicted octanol–water partition coefficient (Wildman–Crippen LogP) is 4.34. The minimum Gasteiger partial charge on any atom is -0.281 e. The largest absolute Gasteiger partial charge is 0.281 e. The summed E-state index contributed by atoms with van der Waals surface area (Å²) in [6, 6.07) is 12.3. The van der Waals surface area contributed by atoms with Crippen LogP contribution in [0.5, 0.6) is 0 Å². The number of hydrogen-bond donors (Lipinski definition) is 0. The van der Waals surface area contributed by atoms with E-state index in [4.69, 9.17) is 11.6 Å². The first kappa shape index (κ1) is 12.3. The van der Waals surface area contributed by atoms with Crippen LogP contribution < -0.4 is 0 Å². The van der Waals surface area contributed by atoms with Gasteiger partial charge in [0, 0.05) is 17.2 Å². The van der Waals surface area contributed by atoms with Crippen molar-refractivity contribution in [3.63, 3.8) is 0 Å². The molecule has 0 radical (unpaired) electrons. The lowest BCUT2D eigenvalue weighted by molar-refractivity contribution is -0.111. The van der Waals surface area contributed by atoms with E-state index in [-0.39, 0.29) is 11.2 Å². The molecule has 0 N–H and O–H groups in total. The summed E-state index contributed by atoms with van der Waals surface area (Å²) in [5.41, 5.74) is 2.35. The number of thiophene rings is 1. The summed E-state index contributed by atoms with van der Waals surface area (Å²) in [5, 5.41) is 1.74. The van der Waals surface area contributed by atoms with Crippen LogP contribution in [-0.4, -0.2) is 5.24 Å². The normalized spacial score (nSPS) is 12.4. The lowest BCUT2D eigenvalue weighted by Gasteiger charge is -2.14. The quantitative estimate of drug-likeness (QED) is 0.751. The maximum atomic E-state index is 11.2.